The number of ether oxygens (including phenoxy) is 1. The van der Waals surface area contributed by atoms with Crippen molar-refractivity contribution in [2.24, 2.45) is 0 Å². The van der Waals surface area contributed by atoms with Crippen molar-refractivity contribution in [1.29, 1.82) is 0 Å². The topological polar surface area (TPSA) is 82.1 Å². The molecule has 8 nitrogen and oxygen atoms in total. The van der Waals surface area contributed by atoms with Gasteiger partial charge in [0.1, 0.15) is 5.82 Å². The number of aryl methyl sites for hydroxylation is 2. The van der Waals surface area contributed by atoms with Crippen LogP contribution in [-0.2, 0) is 17.7 Å². The Morgan fingerprint density at radius 2 is 1.96 bits per heavy atom. The van der Waals surface area contributed by atoms with Gasteiger partial charge in [-0.1, -0.05) is 12.1 Å². The van der Waals surface area contributed by atoms with Gasteiger partial charge in [0.15, 0.2) is 5.82 Å². The fraction of sp³-hybridized carbons (Fsp3) is 0.778. The SMILES string of the molecule is CCc1nnc(N2CCC(c3nc(C)no3)CC2)n1CC1CCCCO1. The van der Waals surface area contributed by atoms with E-state index in [1.54, 1.807) is 0 Å². The third kappa shape index (κ3) is 3.60. The maximum atomic E-state index is 5.95. The van der Waals surface area contributed by atoms with Crippen LogP contribution in [0.5, 0.6) is 0 Å². The number of hydrogen-bond acceptors (Lipinski definition) is 7. The van der Waals surface area contributed by atoms with Gasteiger partial charge in [-0.3, -0.25) is 4.57 Å². The molecule has 2 aromatic rings. The second-order valence-corrected chi connectivity index (χ2v) is 7.31. The summed E-state index contributed by atoms with van der Waals surface area (Å²) in [6.45, 7) is 7.59. The van der Waals surface area contributed by atoms with Crippen molar-refractivity contribution in [2.45, 2.75) is 70.9 Å². The molecule has 0 amide bonds. The summed E-state index contributed by atoms with van der Waals surface area (Å²) in [5, 5.41) is 12.9. The molecule has 4 rings (SSSR count). The van der Waals surface area contributed by atoms with Crippen LogP contribution in [0.25, 0.3) is 0 Å². The summed E-state index contributed by atoms with van der Waals surface area (Å²) in [5.41, 5.74) is 0. The van der Waals surface area contributed by atoms with Gasteiger partial charge >= 0.3 is 0 Å². The Hall–Kier alpha value is -1.96. The van der Waals surface area contributed by atoms with E-state index in [0.29, 0.717) is 11.7 Å². The quantitative estimate of drug-likeness (QED) is 0.810. The number of rotatable bonds is 5. The Balaban J connectivity index is 1.45. The minimum absolute atomic E-state index is 0.280. The lowest BCUT2D eigenvalue weighted by atomic mass is 9.97. The van der Waals surface area contributed by atoms with Gasteiger partial charge in [-0.05, 0) is 39.0 Å². The molecule has 2 aliphatic rings. The van der Waals surface area contributed by atoms with Crippen LogP contribution in [0.15, 0.2) is 4.52 Å². The van der Waals surface area contributed by atoms with Crippen LogP contribution >= 0.6 is 0 Å². The minimum Gasteiger partial charge on any atom is -0.376 e. The number of aromatic nitrogens is 5. The molecule has 4 heterocycles. The van der Waals surface area contributed by atoms with Gasteiger partial charge in [0.25, 0.3) is 0 Å². The van der Waals surface area contributed by atoms with E-state index in [1.165, 1.54) is 12.8 Å². The molecule has 1 atom stereocenters. The van der Waals surface area contributed by atoms with Crippen LogP contribution < -0.4 is 4.90 Å². The van der Waals surface area contributed by atoms with E-state index in [-0.39, 0.29) is 6.10 Å². The van der Waals surface area contributed by atoms with Gasteiger partial charge in [-0.15, -0.1) is 10.2 Å². The third-order valence-corrected chi connectivity index (χ3v) is 5.45. The molecule has 2 fully saturated rings. The van der Waals surface area contributed by atoms with Gasteiger partial charge in [0.2, 0.25) is 11.8 Å². The molecule has 8 heteroatoms. The van der Waals surface area contributed by atoms with E-state index in [4.69, 9.17) is 9.26 Å². The van der Waals surface area contributed by atoms with Gasteiger partial charge in [-0.2, -0.15) is 4.98 Å². The van der Waals surface area contributed by atoms with Gasteiger partial charge < -0.3 is 14.2 Å². The smallest absolute Gasteiger partial charge is 0.229 e. The molecule has 0 N–H and O–H groups in total. The zero-order chi connectivity index (χ0) is 17.9. The van der Waals surface area contributed by atoms with Crippen LogP contribution in [0.2, 0.25) is 0 Å². The largest absolute Gasteiger partial charge is 0.376 e. The molecule has 0 saturated carbocycles. The molecule has 0 radical (unpaired) electrons. The second kappa shape index (κ2) is 7.73. The Bertz CT molecular complexity index is 713. The van der Waals surface area contributed by atoms with Gasteiger partial charge in [0, 0.05) is 32.0 Å². The van der Waals surface area contributed by atoms with E-state index in [9.17, 15) is 0 Å². The third-order valence-electron chi connectivity index (χ3n) is 5.45. The van der Waals surface area contributed by atoms with E-state index in [0.717, 1.165) is 69.6 Å². The van der Waals surface area contributed by atoms with Crippen molar-refractivity contribution in [2.75, 3.05) is 24.6 Å². The first-order valence-corrected chi connectivity index (χ1v) is 9.83. The van der Waals surface area contributed by atoms with E-state index in [1.807, 2.05) is 6.92 Å². The molecule has 0 spiro atoms. The highest BCUT2D eigenvalue weighted by Gasteiger charge is 2.28. The van der Waals surface area contributed by atoms with Gasteiger partial charge in [-0.25, -0.2) is 0 Å². The molecule has 0 aromatic carbocycles. The summed E-state index contributed by atoms with van der Waals surface area (Å²) >= 11 is 0. The molecular weight excluding hydrogens is 332 g/mol. The fourth-order valence-corrected chi connectivity index (χ4v) is 3.97. The molecule has 2 aromatic heterocycles. The number of nitrogens with zero attached hydrogens (tertiary/aromatic N) is 6. The van der Waals surface area contributed by atoms with Crippen molar-refractivity contribution in [3.63, 3.8) is 0 Å². The predicted octanol–water partition coefficient (Wildman–Crippen LogP) is 2.49. The summed E-state index contributed by atoms with van der Waals surface area (Å²) in [6.07, 6.45) is 6.71. The lowest BCUT2D eigenvalue weighted by Crippen LogP contribution is -2.36. The lowest BCUT2D eigenvalue weighted by Gasteiger charge is -2.32. The maximum absolute atomic E-state index is 5.95. The first-order valence-electron chi connectivity index (χ1n) is 9.83. The molecule has 0 bridgehead atoms. The number of hydrogen-bond donors (Lipinski definition) is 0. The Morgan fingerprint density at radius 1 is 1.12 bits per heavy atom. The first-order chi connectivity index (χ1) is 12.7. The summed E-state index contributed by atoms with van der Waals surface area (Å²) < 4.78 is 13.6. The second-order valence-electron chi connectivity index (χ2n) is 7.31. The number of anilines is 1. The summed E-state index contributed by atoms with van der Waals surface area (Å²) in [4.78, 5) is 6.74. The highest BCUT2D eigenvalue weighted by Crippen LogP contribution is 2.29. The van der Waals surface area contributed by atoms with Gasteiger partial charge in [0.05, 0.1) is 12.6 Å². The van der Waals surface area contributed by atoms with Crippen molar-refractivity contribution in [3.8, 4) is 0 Å². The molecule has 1 unspecified atom stereocenters. The lowest BCUT2D eigenvalue weighted by molar-refractivity contribution is 0.00570. The van der Waals surface area contributed by atoms with Crippen molar-refractivity contribution in [3.05, 3.63) is 17.5 Å². The summed E-state index contributed by atoms with van der Waals surface area (Å²) in [6, 6.07) is 0. The Morgan fingerprint density at radius 3 is 2.62 bits per heavy atom. The Labute approximate surface area is 153 Å². The molecule has 26 heavy (non-hydrogen) atoms. The van der Waals surface area contributed by atoms with Crippen LogP contribution in [0.4, 0.5) is 5.95 Å². The molecule has 2 aliphatic heterocycles. The van der Waals surface area contributed by atoms with Crippen LogP contribution in [0.1, 0.15) is 62.5 Å². The Kier molecular flexibility index (Phi) is 5.19. The van der Waals surface area contributed by atoms with Crippen LogP contribution in [0, 0.1) is 6.92 Å². The molecule has 142 valence electrons. The predicted molar refractivity (Wildman–Crippen MR) is 96.2 cm³/mol. The van der Waals surface area contributed by atoms with Crippen LogP contribution in [-0.4, -0.2) is 50.7 Å². The van der Waals surface area contributed by atoms with Crippen molar-refractivity contribution >= 4 is 5.95 Å². The fourth-order valence-electron chi connectivity index (χ4n) is 3.97. The van der Waals surface area contributed by atoms with Crippen LogP contribution in [0.3, 0.4) is 0 Å². The van der Waals surface area contributed by atoms with Crippen molar-refractivity contribution < 1.29 is 9.26 Å². The summed E-state index contributed by atoms with van der Waals surface area (Å²) in [5.74, 6) is 3.85. The maximum Gasteiger partial charge on any atom is 0.229 e. The first kappa shape index (κ1) is 17.5. The zero-order valence-corrected chi connectivity index (χ0v) is 15.7. The zero-order valence-electron chi connectivity index (χ0n) is 15.7. The average Bonchev–Trinajstić information content (AvgIpc) is 3.29. The van der Waals surface area contributed by atoms with E-state index >= 15 is 0 Å². The number of piperidine rings is 1. The highest BCUT2D eigenvalue weighted by molar-refractivity contribution is 5.32. The van der Waals surface area contributed by atoms with E-state index < -0.39 is 0 Å². The average molecular weight is 360 g/mol. The standard InChI is InChI=1S/C18H28N6O2/c1-3-16-20-21-18(24(16)12-15-6-4-5-11-25-15)23-9-7-14(8-10-23)17-19-13(2)22-26-17/h14-15H,3-12H2,1-2H3. The minimum atomic E-state index is 0.280. The van der Waals surface area contributed by atoms with E-state index in [2.05, 4.69) is 36.7 Å². The summed E-state index contributed by atoms with van der Waals surface area (Å²) in [7, 11) is 0. The molecular formula is C18H28N6O2. The highest BCUT2D eigenvalue weighted by atomic mass is 16.5. The van der Waals surface area contributed by atoms with Crippen molar-refractivity contribution in [1.82, 2.24) is 24.9 Å². The molecule has 0 aliphatic carbocycles. The monoisotopic (exact) mass is 360 g/mol. The molecule has 2 saturated heterocycles. The normalized spacial score (nSPS) is 22.1.